The number of nitrogens with two attached hydrogens (primary N) is 1. The van der Waals surface area contributed by atoms with Crippen molar-refractivity contribution in [1.82, 2.24) is 19.9 Å². The standard InChI is InChI=1S/C23H30F3N7O2/c1-23(25,26)18-5-2-14(8-28-18)10-33(16-3-4-16)22-20(24)21(30-13-31-22)29-9-15-6-7-32(11-17(15)34)12-19(27)35/h2,5,8,13,15-17,34H,3-4,6-7,9-12H2,1H3,(H2,27,35)(H,29,30,31)/t15-,17+/m1/s1. The van der Waals surface area contributed by atoms with Crippen molar-refractivity contribution in [1.29, 1.82) is 0 Å². The highest BCUT2D eigenvalue weighted by Crippen LogP contribution is 2.35. The fourth-order valence-electron chi connectivity index (χ4n) is 4.30. The molecule has 0 unspecified atom stereocenters. The third kappa shape index (κ3) is 6.37. The number of carbonyl (C=O) groups excluding carboxylic acids is 1. The summed E-state index contributed by atoms with van der Waals surface area (Å²) in [4.78, 5) is 26.8. The number of primary amides is 1. The molecule has 0 bridgehead atoms. The highest BCUT2D eigenvalue weighted by atomic mass is 19.3. The minimum absolute atomic E-state index is 0.0338. The van der Waals surface area contributed by atoms with Crippen LogP contribution >= 0.6 is 0 Å². The number of amides is 1. The zero-order valence-electron chi connectivity index (χ0n) is 19.5. The highest BCUT2D eigenvalue weighted by molar-refractivity contribution is 5.75. The maximum absolute atomic E-state index is 15.4. The van der Waals surface area contributed by atoms with E-state index in [9.17, 15) is 18.7 Å². The van der Waals surface area contributed by atoms with Crippen LogP contribution in [0.1, 0.15) is 37.4 Å². The van der Waals surface area contributed by atoms with E-state index in [-0.39, 0.29) is 42.4 Å². The van der Waals surface area contributed by atoms with Crippen molar-refractivity contribution < 1.29 is 23.1 Å². The van der Waals surface area contributed by atoms with E-state index in [1.165, 1.54) is 18.6 Å². The van der Waals surface area contributed by atoms with Crippen LogP contribution in [-0.2, 0) is 17.3 Å². The summed E-state index contributed by atoms with van der Waals surface area (Å²) in [5.74, 6) is -4.06. The van der Waals surface area contributed by atoms with Crippen LogP contribution in [0.2, 0.25) is 0 Å². The van der Waals surface area contributed by atoms with E-state index in [2.05, 4.69) is 20.3 Å². The molecule has 1 aliphatic carbocycles. The third-order valence-electron chi connectivity index (χ3n) is 6.37. The first-order valence-corrected chi connectivity index (χ1v) is 11.6. The van der Waals surface area contributed by atoms with E-state index < -0.39 is 23.8 Å². The predicted molar refractivity (Wildman–Crippen MR) is 123 cm³/mol. The summed E-state index contributed by atoms with van der Waals surface area (Å²) in [6.45, 7) is 2.39. The van der Waals surface area contributed by atoms with Gasteiger partial charge in [0.15, 0.2) is 11.6 Å². The quantitative estimate of drug-likeness (QED) is 0.459. The maximum atomic E-state index is 15.4. The van der Waals surface area contributed by atoms with Gasteiger partial charge in [-0.15, -0.1) is 0 Å². The van der Waals surface area contributed by atoms with Gasteiger partial charge in [-0.1, -0.05) is 6.07 Å². The number of halogens is 3. The van der Waals surface area contributed by atoms with Gasteiger partial charge in [0.2, 0.25) is 11.7 Å². The summed E-state index contributed by atoms with van der Waals surface area (Å²) in [5, 5.41) is 13.4. The molecule has 1 saturated heterocycles. The molecule has 1 aliphatic heterocycles. The second-order valence-electron chi connectivity index (χ2n) is 9.36. The zero-order chi connectivity index (χ0) is 25.2. The lowest BCUT2D eigenvalue weighted by Gasteiger charge is -2.35. The van der Waals surface area contributed by atoms with Crippen LogP contribution in [0.4, 0.5) is 24.8 Å². The third-order valence-corrected chi connectivity index (χ3v) is 6.37. The van der Waals surface area contributed by atoms with Gasteiger partial charge >= 0.3 is 0 Å². The number of nitrogens with one attached hydrogen (secondary N) is 1. The molecule has 0 spiro atoms. The Hall–Kier alpha value is -2.99. The molecule has 2 aromatic rings. The number of nitrogens with zero attached hydrogens (tertiary/aromatic N) is 5. The van der Waals surface area contributed by atoms with Gasteiger partial charge in [-0.3, -0.25) is 14.7 Å². The Kier molecular flexibility index (Phi) is 7.41. The molecule has 0 radical (unpaired) electrons. The van der Waals surface area contributed by atoms with Crippen LogP contribution in [0.5, 0.6) is 0 Å². The summed E-state index contributed by atoms with van der Waals surface area (Å²) in [6, 6.07) is 2.94. The first-order chi connectivity index (χ1) is 16.6. The van der Waals surface area contributed by atoms with Gasteiger partial charge in [-0.25, -0.2) is 9.97 Å². The Labute approximate surface area is 201 Å². The van der Waals surface area contributed by atoms with E-state index >= 15 is 4.39 Å². The van der Waals surface area contributed by atoms with Gasteiger partial charge in [0.25, 0.3) is 5.92 Å². The Bertz CT molecular complexity index is 1030. The van der Waals surface area contributed by atoms with Crippen molar-refractivity contribution in [2.75, 3.05) is 36.4 Å². The van der Waals surface area contributed by atoms with E-state index in [1.54, 1.807) is 15.9 Å². The lowest BCUT2D eigenvalue weighted by atomic mass is 9.93. The molecule has 12 heteroatoms. The monoisotopic (exact) mass is 493 g/mol. The molecule has 3 heterocycles. The van der Waals surface area contributed by atoms with Gasteiger partial charge < -0.3 is 21.1 Å². The second kappa shape index (κ2) is 10.3. The van der Waals surface area contributed by atoms with E-state index in [4.69, 9.17) is 5.73 Å². The number of hydrogen-bond acceptors (Lipinski definition) is 8. The molecule has 2 aliphatic rings. The highest BCUT2D eigenvalue weighted by Gasteiger charge is 2.34. The van der Waals surface area contributed by atoms with Crippen molar-refractivity contribution in [3.63, 3.8) is 0 Å². The Balaban J connectivity index is 1.42. The number of hydrogen-bond donors (Lipinski definition) is 3. The number of aliphatic hydroxyl groups is 1. The normalized spacial score (nSPS) is 21.1. The number of anilines is 2. The van der Waals surface area contributed by atoms with E-state index in [0.29, 0.717) is 31.6 Å². The number of piperidine rings is 1. The molecular weight excluding hydrogens is 463 g/mol. The molecule has 190 valence electrons. The first kappa shape index (κ1) is 25.1. The number of pyridine rings is 1. The number of β-amino-alcohol motifs (C(OH)–C–C–N with tert-alkyl or cyclic N) is 1. The molecule has 0 aromatic carbocycles. The van der Waals surface area contributed by atoms with Gasteiger partial charge in [-0.2, -0.15) is 13.2 Å². The van der Waals surface area contributed by atoms with Crippen LogP contribution in [0.3, 0.4) is 0 Å². The Morgan fingerprint density at radius 3 is 2.66 bits per heavy atom. The van der Waals surface area contributed by atoms with Crippen molar-refractivity contribution in [2.45, 2.75) is 50.8 Å². The van der Waals surface area contributed by atoms with Crippen LogP contribution < -0.4 is 16.0 Å². The smallest absolute Gasteiger partial charge is 0.286 e. The van der Waals surface area contributed by atoms with Crippen LogP contribution in [0.25, 0.3) is 0 Å². The molecule has 4 N–H and O–H groups in total. The Morgan fingerprint density at radius 1 is 1.29 bits per heavy atom. The average molecular weight is 494 g/mol. The van der Waals surface area contributed by atoms with Gasteiger partial charge in [0, 0.05) is 44.7 Å². The topological polar surface area (TPSA) is 120 Å². The number of aromatic nitrogens is 3. The minimum atomic E-state index is -3.03. The fourth-order valence-corrected chi connectivity index (χ4v) is 4.30. The lowest BCUT2D eigenvalue weighted by Crippen LogP contribution is -2.48. The number of alkyl halides is 2. The number of carbonyl (C=O) groups is 1. The van der Waals surface area contributed by atoms with Gasteiger partial charge in [0.05, 0.1) is 12.6 Å². The van der Waals surface area contributed by atoms with E-state index in [1.807, 2.05) is 0 Å². The summed E-state index contributed by atoms with van der Waals surface area (Å²) < 4.78 is 42.4. The van der Waals surface area contributed by atoms with Crippen molar-refractivity contribution in [3.05, 3.63) is 41.7 Å². The Morgan fingerprint density at radius 2 is 2.06 bits per heavy atom. The fraction of sp³-hybridized carbons (Fsp3) is 0.565. The molecule has 2 aromatic heterocycles. The van der Waals surface area contributed by atoms with Gasteiger partial charge in [0.1, 0.15) is 12.0 Å². The zero-order valence-corrected chi connectivity index (χ0v) is 19.5. The largest absolute Gasteiger partial charge is 0.391 e. The summed E-state index contributed by atoms with van der Waals surface area (Å²) in [6.07, 6.45) is 4.35. The van der Waals surface area contributed by atoms with E-state index in [0.717, 1.165) is 19.8 Å². The van der Waals surface area contributed by atoms with Crippen molar-refractivity contribution >= 4 is 17.5 Å². The number of aliphatic hydroxyl groups excluding tert-OH is 1. The number of likely N-dealkylation sites (tertiary alicyclic amines) is 1. The summed E-state index contributed by atoms with van der Waals surface area (Å²) in [7, 11) is 0. The second-order valence-corrected chi connectivity index (χ2v) is 9.36. The maximum Gasteiger partial charge on any atom is 0.286 e. The molecule has 1 saturated carbocycles. The molecular formula is C23H30F3N7O2. The summed E-state index contributed by atoms with van der Waals surface area (Å²) >= 11 is 0. The molecule has 1 amide bonds. The van der Waals surface area contributed by atoms with Crippen LogP contribution in [0, 0.1) is 11.7 Å². The van der Waals surface area contributed by atoms with Crippen LogP contribution in [0.15, 0.2) is 24.7 Å². The molecule has 2 atom stereocenters. The lowest BCUT2D eigenvalue weighted by molar-refractivity contribution is -0.120. The average Bonchev–Trinajstić information content (AvgIpc) is 3.63. The predicted octanol–water partition coefficient (Wildman–Crippen LogP) is 1.87. The first-order valence-electron chi connectivity index (χ1n) is 11.6. The molecule has 35 heavy (non-hydrogen) atoms. The molecule has 4 rings (SSSR count). The number of rotatable bonds is 10. The molecule has 9 nitrogen and oxygen atoms in total. The molecule has 2 fully saturated rings. The SMILES string of the molecule is CC(F)(F)c1ccc(CN(c2ncnc(NC[C@H]3CCN(CC(N)=O)C[C@@H]3O)c2F)C2CC2)cn1. The minimum Gasteiger partial charge on any atom is -0.391 e. The summed E-state index contributed by atoms with van der Waals surface area (Å²) in [5.41, 5.74) is 5.57. The van der Waals surface area contributed by atoms with Crippen LogP contribution in [-0.4, -0.2) is 69.2 Å². The van der Waals surface area contributed by atoms with Crippen molar-refractivity contribution in [3.8, 4) is 0 Å². The van der Waals surface area contributed by atoms with Gasteiger partial charge in [-0.05, 0) is 37.4 Å². The van der Waals surface area contributed by atoms with Crippen molar-refractivity contribution in [2.24, 2.45) is 11.7 Å².